The number of piperazine rings is 1. The van der Waals surface area contributed by atoms with Gasteiger partial charge >= 0.3 is 0 Å². The van der Waals surface area contributed by atoms with E-state index in [1.165, 1.54) is 0 Å². The van der Waals surface area contributed by atoms with Crippen LogP contribution in [0.3, 0.4) is 0 Å². The Labute approximate surface area is 168 Å². The molecule has 9 heteroatoms. The molecule has 1 saturated heterocycles. The maximum Gasteiger partial charge on any atom is 0.229 e. The minimum Gasteiger partial charge on any atom is -0.395 e. The summed E-state index contributed by atoms with van der Waals surface area (Å²) in [5.41, 5.74) is 2.68. The van der Waals surface area contributed by atoms with E-state index in [9.17, 15) is 0 Å². The molecule has 0 radical (unpaired) electrons. The fourth-order valence-electron chi connectivity index (χ4n) is 3.37. The smallest absolute Gasteiger partial charge is 0.229 e. The lowest BCUT2D eigenvalue weighted by molar-refractivity contribution is 0.188. The Bertz CT molecular complexity index is 982. The van der Waals surface area contributed by atoms with Gasteiger partial charge in [-0.1, -0.05) is 17.7 Å². The fraction of sp³-hybridized carbons (Fsp3) is 0.421. The van der Waals surface area contributed by atoms with Gasteiger partial charge in [0.05, 0.1) is 18.2 Å². The highest BCUT2D eigenvalue weighted by atomic mass is 35.5. The number of rotatable bonds is 5. The third-order valence-corrected chi connectivity index (χ3v) is 5.49. The molecule has 1 aliphatic heterocycles. The molecular weight excluding hydrogens is 378 g/mol. The molecule has 28 heavy (non-hydrogen) atoms. The van der Waals surface area contributed by atoms with Crippen LogP contribution in [0.1, 0.15) is 5.56 Å². The number of fused-ring (bicyclic) bond motifs is 1. The van der Waals surface area contributed by atoms with Crippen LogP contribution in [-0.4, -0.2) is 69.1 Å². The Hall–Kier alpha value is -2.42. The van der Waals surface area contributed by atoms with E-state index in [0.29, 0.717) is 23.3 Å². The predicted octanol–water partition coefficient (Wildman–Crippen LogP) is 2.18. The molecule has 2 N–H and O–H groups in total. The molecule has 1 fully saturated rings. The quantitative estimate of drug-likeness (QED) is 0.678. The van der Waals surface area contributed by atoms with Crippen molar-refractivity contribution in [1.29, 1.82) is 0 Å². The number of aliphatic hydroxyl groups excluding tert-OH is 1. The van der Waals surface area contributed by atoms with E-state index in [2.05, 4.69) is 20.2 Å². The Morgan fingerprint density at radius 3 is 2.68 bits per heavy atom. The molecule has 148 valence electrons. The van der Waals surface area contributed by atoms with E-state index in [1.54, 1.807) is 10.9 Å². The summed E-state index contributed by atoms with van der Waals surface area (Å²) >= 11 is 6.27. The Kier molecular flexibility index (Phi) is 5.34. The topological polar surface area (TPSA) is 82.3 Å². The van der Waals surface area contributed by atoms with Gasteiger partial charge in [0, 0.05) is 50.5 Å². The van der Waals surface area contributed by atoms with E-state index in [1.807, 2.05) is 32.2 Å². The molecule has 4 rings (SSSR count). The first-order valence-electron chi connectivity index (χ1n) is 9.36. The minimum absolute atomic E-state index is 0.185. The third-order valence-electron chi connectivity index (χ3n) is 5.09. The van der Waals surface area contributed by atoms with E-state index < -0.39 is 0 Å². The first-order valence-corrected chi connectivity index (χ1v) is 9.74. The van der Waals surface area contributed by atoms with Crippen molar-refractivity contribution in [2.75, 3.05) is 49.5 Å². The molecule has 0 aliphatic carbocycles. The van der Waals surface area contributed by atoms with Crippen molar-refractivity contribution in [3.8, 4) is 0 Å². The van der Waals surface area contributed by atoms with Crippen LogP contribution < -0.4 is 10.2 Å². The van der Waals surface area contributed by atoms with Crippen LogP contribution in [0.15, 0.2) is 24.4 Å². The molecule has 0 atom stereocenters. The van der Waals surface area contributed by atoms with Gasteiger partial charge in [-0.05, 0) is 24.6 Å². The molecule has 8 nitrogen and oxygen atoms in total. The lowest BCUT2D eigenvalue weighted by Crippen LogP contribution is -2.47. The Morgan fingerprint density at radius 2 is 1.96 bits per heavy atom. The molecule has 2 aromatic heterocycles. The van der Waals surface area contributed by atoms with Crippen molar-refractivity contribution < 1.29 is 5.11 Å². The zero-order valence-electron chi connectivity index (χ0n) is 16.1. The summed E-state index contributed by atoms with van der Waals surface area (Å²) in [7, 11) is 1.88. The van der Waals surface area contributed by atoms with E-state index in [4.69, 9.17) is 26.7 Å². The Balaban J connectivity index is 1.65. The number of β-amino-alcohol motifs (C(OH)–C–C–N with tert-alkyl or cyclic N) is 1. The van der Waals surface area contributed by atoms with E-state index in [0.717, 1.165) is 48.5 Å². The standard InChI is InChI=1S/C19H24ClN7O/c1-13-3-4-14(11-16(13)20)22-17-15-12-21-25(2)18(15)24-19(23-17)27-7-5-26(6-8-27)9-10-28/h3-4,11-12,28H,5-10H2,1-2H3,(H,22,23,24). The van der Waals surface area contributed by atoms with Gasteiger partial charge in [0.1, 0.15) is 5.82 Å². The summed E-state index contributed by atoms with van der Waals surface area (Å²) in [5, 5.41) is 18.4. The molecule has 0 amide bonds. The molecule has 0 bridgehead atoms. The van der Waals surface area contributed by atoms with Gasteiger partial charge in [0.25, 0.3) is 0 Å². The summed E-state index contributed by atoms with van der Waals surface area (Å²) in [4.78, 5) is 14.0. The second kappa shape index (κ2) is 7.90. The summed E-state index contributed by atoms with van der Waals surface area (Å²) in [6.07, 6.45) is 1.77. The molecule has 0 saturated carbocycles. The monoisotopic (exact) mass is 401 g/mol. The molecule has 3 aromatic rings. The van der Waals surface area contributed by atoms with Gasteiger partial charge in [-0.15, -0.1) is 0 Å². The van der Waals surface area contributed by atoms with Crippen LogP contribution in [0.5, 0.6) is 0 Å². The fourth-order valence-corrected chi connectivity index (χ4v) is 3.55. The Morgan fingerprint density at radius 1 is 1.18 bits per heavy atom. The van der Waals surface area contributed by atoms with Crippen molar-refractivity contribution in [3.05, 3.63) is 35.0 Å². The number of nitrogens with one attached hydrogen (secondary N) is 1. The highest BCUT2D eigenvalue weighted by Crippen LogP contribution is 2.28. The number of anilines is 3. The predicted molar refractivity (Wildman–Crippen MR) is 112 cm³/mol. The van der Waals surface area contributed by atoms with Crippen molar-refractivity contribution in [1.82, 2.24) is 24.6 Å². The second-order valence-electron chi connectivity index (χ2n) is 7.02. The molecular formula is C19H24ClN7O. The number of nitrogens with zero attached hydrogens (tertiary/aromatic N) is 6. The van der Waals surface area contributed by atoms with Crippen LogP contribution in [-0.2, 0) is 7.05 Å². The number of aryl methyl sites for hydroxylation is 2. The van der Waals surface area contributed by atoms with Gasteiger partial charge < -0.3 is 15.3 Å². The van der Waals surface area contributed by atoms with Crippen molar-refractivity contribution in [2.24, 2.45) is 7.05 Å². The maximum atomic E-state index is 9.13. The van der Waals surface area contributed by atoms with Crippen molar-refractivity contribution in [3.63, 3.8) is 0 Å². The lowest BCUT2D eigenvalue weighted by Gasteiger charge is -2.34. The molecule has 1 aliphatic rings. The summed E-state index contributed by atoms with van der Waals surface area (Å²) < 4.78 is 1.76. The van der Waals surface area contributed by atoms with Crippen LogP contribution in [0.4, 0.5) is 17.5 Å². The number of benzene rings is 1. The average Bonchev–Trinajstić information content (AvgIpc) is 3.07. The van der Waals surface area contributed by atoms with Gasteiger partial charge in [-0.3, -0.25) is 9.58 Å². The lowest BCUT2D eigenvalue weighted by atomic mass is 10.2. The third kappa shape index (κ3) is 3.76. The summed E-state index contributed by atoms with van der Waals surface area (Å²) in [6.45, 7) is 6.26. The average molecular weight is 402 g/mol. The molecule has 1 aromatic carbocycles. The first kappa shape index (κ1) is 18.9. The molecule has 0 unspecified atom stereocenters. The zero-order valence-corrected chi connectivity index (χ0v) is 16.8. The number of hydrogen-bond acceptors (Lipinski definition) is 7. The minimum atomic E-state index is 0.185. The molecule has 0 spiro atoms. The number of aliphatic hydroxyl groups is 1. The molecule has 3 heterocycles. The van der Waals surface area contributed by atoms with Crippen molar-refractivity contribution in [2.45, 2.75) is 6.92 Å². The van der Waals surface area contributed by atoms with Gasteiger partial charge in [-0.2, -0.15) is 15.1 Å². The van der Waals surface area contributed by atoms with Gasteiger partial charge in [0.2, 0.25) is 5.95 Å². The van der Waals surface area contributed by atoms with Crippen LogP contribution in [0, 0.1) is 6.92 Å². The van der Waals surface area contributed by atoms with Crippen molar-refractivity contribution >= 4 is 40.1 Å². The number of aromatic nitrogens is 4. The first-order chi connectivity index (χ1) is 13.5. The zero-order chi connectivity index (χ0) is 19.7. The van der Waals surface area contributed by atoms with Crippen LogP contribution >= 0.6 is 11.6 Å². The summed E-state index contributed by atoms with van der Waals surface area (Å²) in [6, 6.07) is 5.86. The summed E-state index contributed by atoms with van der Waals surface area (Å²) in [5.74, 6) is 1.39. The highest BCUT2D eigenvalue weighted by molar-refractivity contribution is 6.31. The SMILES string of the molecule is Cc1ccc(Nc2nc(N3CCN(CCO)CC3)nc3c2cnn3C)cc1Cl. The van der Waals surface area contributed by atoms with E-state index in [-0.39, 0.29) is 6.61 Å². The largest absolute Gasteiger partial charge is 0.395 e. The van der Waals surface area contributed by atoms with Crippen LogP contribution in [0.2, 0.25) is 5.02 Å². The maximum absolute atomic E-state index is 9.13. The number of halogens is 1. The number of hydrogen-bond donors (Lipinski definition) is 2. The normalized spacial score (nSPS) is 15.4. The highest BCUT2D eigenvalue weighted by Gasteiger charge is 2.21. The van der Waals surface area contributed by atoms with Crippen LogP contribution in [0.25, 0.3) is 11.0 Å². The van der Waals surface area contributed by atoms with Gasteiger partial charge in [-0.25, -0.2) is 0 Å². The van der Waals surface area contributed by atoms with Gasteiger partial charge in [0.15, 0.2) is 5.65 Å². The second-order valence-corrected chi connectivity index (χ2v) is 7.43. The van der Waals surface area contributed by atoms with E-state index >= 15 is 0 Å².